The minimum Gasteiger partial charge on any atom is -0.351 e. The molecule has 22 heavy (non-hydrogen) atoms. The van der Waals surface area contributed by atoms with Gasteiger partial charge in [0.05, 0.1) is 11.4 Å². The molecule has 0 fully saturated rings. The number of aromatic nitrogens is 4. The number of nitrogens with one attached hydrogen (secondary N) is 1. The van der Waals surface area contributed by atoms with Gasteiger partial charge in [0.25, 0.3) is 0 Å². The number of rotatable bonds is 5. The third-order valence-corrected chi connectivity index (χ3v) is 4.17. The zero-order chi connectivity index (χ0) is 15.5. The molecular weight excluding hydrogens is 294 g/mol. The van der Waals surface area contributed by atoms with Crippen LogP contribution in [0.15, 0.2) is 35.3 Å². The first-order chi connectivity index (χ1) is 10.6. The molecule has 0 aliphatic rings. The Balaban J connectivity index is 1.75. The molecule has 0 bridgehead atoms. The molecule has 1 N–H and O–H groups in total. The highest BCUT2D eigenvalue weighted by molar-refractivity contribution is 7.07. The lowest BCUT2D eigenvalue weighted by Crippen LogP contribution is -2.19. The van der Waals surface area contributed by atoms with E-state index in [0.717, 1.165) is 23.4 Å². The van der Waals surface area contributed by atoms with Crippen molar-refractivity contribution in [3.05, 3.63) is 46.5 Å². The molecule has 0 amide bonds. The van der Waals surface area contributed by atoms with Crippen LogP contribution in [0.5, 0.6) is 0 Å². The van der Waals surface area contributed by atoms with E-state index < -0.39 is 0 Å². The molecule has 3 rings (SSSR count). The number of anilines is 1. The van der Waals surface area contributed by atoms with Crippen LogP contribution in [0.3, 0.4) is 0 Å². The zero-order valence-corrected chi connectivity index (χ0v) is 13.8. The van der Waals surface area contributed by atoms with Gasteiger partial charge in [-0.15, -0.1) is 0 Å². The van der Waals surface area contributed by atoms with Gasteiger partial charge < -0.3 is 5.32 Å². The van der Waals surface area contributed by atoms with Crippen LogP contribution in [-0.2, 0) is 13.5 Å². The van der Waals surface area contributed by atoms with E-state index >= 15 is 0 Å². The van der Waals surface area contributed by atoms with E-state index in [-0.39, 0.29) is 6.04 Å². The van der Waals surface area contributed by atoms with Gasteiger partial charge in [-0.1, -0.05) is 0 Å². The molecule has 114 valence electrons. The van der Waals surface area contributed by atoms with Crippen LogP contribution < -0.4 is 5.32 Å². The number of hydrogen-bond acceptors (Lipinski definition) is 5. The molecular formula is C16H19N5S. The van der Waals surface area contributed by atoms with E-state index in [9.17, 15) is 0 Å². The Morgan fingerprint density at radius 2 is 2.23 bits per heavy atom. The number of aryl methyl sites for hydroxylation is 2. The van der Waals surface area contributed by atoms with Crippen LogP contribution in [0.4, 0.5) is 5.95 Å². The van der Waals surface area contributed by atoms with Gasteiger partial charge in [-0.3, -0.25) is 4.68 Å². The van der Waals surface area contributed by atoms with Crippen molar-refractivity contribution in [1.82, 2.24) is 19.7 Å². The van der Waals surface area contributed by atoms with Crippen molar-refractivity contribution in [1.29, 1.82) is 0 Å². The van der Waals surface area contributed by atoms with Gasteiger partial charge >= 0.3 is 0 Å². The molecule has 0 spiro atoms. The van der Waals surface area contributed by atoms with Gasteiger partial charge in [0.15, 0.2) is 0 Å². The normalized spacial score (nSPS) is 12.3. The fraction of sp³-hybridized carbons (Fsp3) is 0.312. The molecule has 0 radical (unpaired) electrons. The van der Waals surface area contributed by atoms with E-state index in [2.05, 4.69) is 44.1 Å². The zero-order valence-electron chi connectivity index (χ0n) is 12.9. The van der Waals surface area contributed by atoms with Crippen molar-refractivity contribution in [2.75, 3.05) is 5.32 Å². The standard InChI is InChI=1S/C16H19N5S/c1-11(8-13-5-7-22-10-13)18-16-17-6-4-15(19-16)14-9-21(3)20-12(14)2/h4-7,9-11H,8H2,1-3H3,(H,17,18,19)/t11-/m0/s1. The highest BCUT2D eigenvalue weighted by Gasteiger charge is 2.10. The topological polar surface area (TPSA) is 55.6 Å². The van der Waals surface area contributed by atoms with Gasteiger partial charge in [0.2, 0.25) is 5.95 Å². The first-order valence-electron chi connectivity index (χ1n) is 7.23. The molecule has 0 aliphatic carbocycles. The molecule has 6 heteroatoms. The van der Waals surface area contributed by atoms with Crippen LogP contribution in [0.1, 0.15) is 18.2 Å². The smallest absolute Gasteiger partial charge is 0.223 e. The summed E-state index contributed by atoms with van der Waals surface area (Å²) in [4.78, 5) is 8.94. The Morgan fingerprint density at radius 1 is 1.36 bits per heavy atom. The lowest BCUT2D eigenvalue weighted by atomic mass is 10.1. The van der Waals surface area contributed by atoms with Gasteiger partial charge in [0, 0.05) is 31.0 Å². The van der Waals surface area contributed by atoms with Crippen LogP contribution in [0.25, 0.3) is 11.3 Å². The molecule has 0 aromatic carbocycles. The predicted molar refractivity (Wildman–Crippen MR) is 90.1 cm³/mol. The predicted octanol–water partition coefficient (Wildman–Crippen LogP) is 3.29. The molecule has 0 unspecified atom stereocenters. The lowest BCUT2D eigenvalue weighted by Gasteiger charge is -2.13. The fourth-order valence-corrected chi connectivity index (χ4v) is 3.14. The minimum absolute atomic E-state index is 0.278. The Kier molecular flexibility index (Phi) is 4.20. The SMILES string of the molecule is Cc1nn(C)cc1-c1ccnc(N[C@@H](C)Cc2ccsc2)n1. The number of hydrogen-bond donors (Lipinski definition) is 1. The first-order valence-corrected chi connectivity index (χ1v) is 8.17. The molecule has 0 saturated carbocycles. The molecule has 5 nitrogen and oxygen atoms in total. The summed E-state index contributed by atoms with van der Waals surface area (Å²) in [5.41, 5.74) is 4.24. The summed E-state index contributed by atoms with van der Waals surface area (Å²) in [6.45, 7) is 4.13. The van der Waals surface area contributed by atoms with Crippen molar-refractivity contribution >= 4 is 17.3 Å². The quantitative estimate of drug-likeness (QED) is 0.785. The molecule has 3 aromatic rings. The molecule has 3 aromatic heterocycles. The molecule has 3 heterocycles. The monoisotopic (exact) mass is 313 g/mol. The lowest BCUT2D eigenvalue weighted by molar-refractivity contribution is 0.756. The molecule has 0 saturated heterocycles. The average molecular weight is 313 g/mol. The van der Waals surface area contributed by atoms with Crippen molar-refractivity contribution in [2.24, 2.45) is 7.05 Å². The highest BCUT2D eigenvalue weighted by atomic mass is 32.1. The Bertz CT molecular complexity index is 748. The largest absolute Gasteiger partial charge is 0.351 e. The molecule has 1 atom stereocenters. The minimum atomic E-state index is 0.278. The second-order valence-corrected chi connectivity index (χ2v) is 6.23. The van der Waals surface area contributed by atoms with E-state index in [1.807, 2.05) is 26.2 Å². The maximum absolute atomic E-state index is 4.61. The Labute approximate surface area is 134 Å². The van der Waals surface area contributed by atoms with E-state index in [4.69, 9.17) is 0 Å². The first kappa shape index (κ1) is 14.7. The summed E-state index contributed by atoms with van der Waals surface area (Å²) in [6, 6.07) is 4.34. The van der Waals surface area contributed by atoms with Crippen LogP contribution >= 0.6 is 11.3 Å². The summed E-state index contributed by atoms with van der Waals surface area (Å²) in [7, 11) is 1.92. The van der Waals surface area contributed by atoms with E-state index in [0.29, 0.717) is 5.95 Å². The summed E-state index contributed by atoms with van der Waals surface area (Å²) in [5.74, 6) is 0.656. The highest BCUT2D eigenvalue weighted by Crippen LogP contribution is 2.21. The van der Waals surface area contributed by atoms with Gasteiger partial charge in [-0.05, 0) is 48.7 Å². The third-order valence-electron chi connectivity index (χ3n) is 3.44. The third kappa shape index (κ3) is 3.33. The second kappa shape index (κ2) is 6.27. The number of nitrogens with zero attached hydrogens (tertiary/aromatic N) is 4. The van der Waals surface area contributed by atoms with E-state index in [1.165, 1.54) is 5.56 Å². The molecule has 0 aliphatic heterocycles. The van der Waals surface area contributed by atoms with Crippen molar-refractivity contribution in [3.63, 3.8) is 0 Å². The van der Waals surface area contributed by atoms with E-state index in [1.54, 1.807) is 22.2 Å². The maximum Gasteiger partial charge on any atom is 0.223 e. The van der Waals surface area contributed by atoms with Gasteiger partial charge in [0.1, 0.15) is 0 Å². The Hall–Kier alpha value is -2.21. The second-order valence-electron chi connectivity index (χ2n) is 5.45. The van der Waals surface area contributed by atoms with Crippen molar-refractivity contribution in [3.8, 4) is 11.3 Å². The average Bonchev–Trinajstić information content (AvgIpc) is 3.08. The summed E-state index contributed by atoms with van der Waals surface area (Å²) >= 11 is 1.72. The van der Waals surface area contributed by atoms with Crippen molar-refractivity contribution in [2.45, 2.75) is 26.3 Å². The summed E-state index contributed by atoms with van der Waals surface area (Å²) in [6.07, 6.45) is 4.73. The van der Waals surface area contributed by atoms with Gasteiger partial charge in [-0.25, -0.2) is 9.97 Å². The Morgan fingerprint density at radius 3 is 2.91 bits per heavy atom. The van der Waals surface area contributed by atoms with Crippen LogP contribution in [-0.4, -0.2) is 25.8 Å². The summed E-state index contributed by atoms with van der Waals surface area (Å²) < 4.78 is 1.80. The van der Waals surface area contributed by atoms with Gasteiger partial charge in [-0.2, -0.15) is 16.4 Å². The van der Waals surface area contributed by atoms with Crippen LogP contribution in [0, 0.1) is 6.92 Å². The summed E-state index contributed by atoms with van der Waals surface area (Å²) in [5, 5.41) is 12.0. The fourth-order valence-electron chi connectivity index (χ4n) is 2.46. The maximum atomic E-state index is 4.61. The van der Waals surface area contributed by atoms with Crippen LogP contribution in [0.2, 0.25) is 0 Å². The number of thiophene rings is 1. The van der Waals surface area contributed by atoms with Crippen molar-refractivity contribution < 1.29 is 0 Å².